The van der Waals surface area contributed by atoms with Crippen molar-refractivity contribution < 1.29 is 52.2 Å². The van der Waals surface area contributed by atoms with E-state index < -0.39 is 0 Å². The van der Waals surface area contributed by atoms with E-state index in [2.05, 4.69) is 13.8 Å². The summed E-state index contributed by atoms with van der Waals surface area (Å²) in [5.41, 5.74) is 0. The molecule has 0 N–H and O–H groups in total. The molecule has 0 aromatic heterocycles. The molecule has 0 spiro atoms. The average Bonchev–Trinajstić information content (AvgIpc) is 3.19. The molecular formula is C44H86O11. The van der Waals surface area contributed by atoms with Gasteiger partial charge in [-0.25, -0.2) is 0 Å². The van der Waals surface area contributed by atoms with Gasteiger partial charge in [-0.05, 0) is 12.8 Å². The van der Waals surface area contributed by atoms with E-state index in [1.807, 2.05) is 0 Å². The predicted octanol–water partition coefficient (Wildman–Crippen LogP) is 9.59. The minimum absolute atomic E-state index is 0.131. The molecule has 0 fully saturated rings. The van der Waals surface area contributed by atoms with Crippen molar-refractivity contribution in [1.82, 2.24) is 0 Å². The highest BCUT2D eigenvalue weighted by molar-refractivity contribution is 5.69. The van der Waals surface area contributed by atoms with Gasteiger partial charge < -0.3 is 42.6 Å². The first kappa shape index (κ1) is 53.7. The maximum atomic E-state index is 11.9. The smallest absolute Gasteiger partial charge is 0.305 e. The third kappa shape index (κ3) is 48.7. The number of esters is 2. The molecule has 0 aliphatic carbocycles. The highest BCUT2D eigenvalue weighted by Gasteiger charge is 2.04. The number of carbonyl (C=O) groups excluding carboxylic acids is 2. The standard InChI is InChI=1S/C44H86O11/c1-3-5-7-9-11-12-13-14-15-16-17-18-20-22-24-26-44(46)55-42-40-53-38-36-51-34-32-49-30-28-47-27-29-48-31-33-50-35-37-52-39-41-54-43(45)25-23-21-19-10-8-6-4-2/h3-42H2,1-2H3. The molecule has 0 unspecified atom stereocenters. The van der Waals surface area contributed by atoms with Gasteiger partial charge in [0.1, 0.15) is 13.2 Å². The van der Waals surface area contributed by atoms with E-state index in [0.29, 0.717) is 105 Å². The van der Waals surface area contributed by atoms with E-state index in [1.54, 1.807) is 0 Å². The number of unbranched alkanes of at least 4 members (excludes halogenated alkanes) is 20. The number of ether oxygens (including phenoxy) is 9. The maximum absolute atomic E-state index is 11.9. The SMILES string of the molecule is CCCCCCCCCCCCCCCCCC(=O)OCCOCCOCCOCCOCCOCCOCCOCCOC(=O)CCCCCCCCC. The fraction of sp³-hybridized carbons (Fsp3) is 0.955. The van der Waals surface area contributed by atoms with Crippen molar-refractivity contribution in [3.63, 3.8) is 0 Å². The van der Waals surface area contributed by atoms with Crippen LogP contribution in [0.5, 0.6) is 0 Å². The normalized spacial score (nSPS) is 11.4. The molecule has 0 atom stereocenters. The van der Waals surface area contributed by atoms with E-state index in [1.165, 1.54) is 116 Å². The molecule has 0 saturated carbocycles. The molecule has 0 amide bonds. The van der Waals surface area contributed by atoms with Gasteiger partial charge in [-0.3, -0.25) is 9.59 Å². The Morgan fingerprint density at radius 2 is 0.436 bits per heavy atom. The Balaban J connectivity index is 3.17. The van der Waals surface area contributed by atoms with Crippen LogP contribution in [0.2, 0.25) is 0 Å². The topological polar surface area (TPSA) is 117 Å². The zero-order valence-electron chi connectivity index (χ0n) is 35.8. The van der Waals surface area contributed by atoms with Crippen LogP contribution in [-0.2, 0) is 52.2 Å². The van der Waals surface area contributed by atoms with Gasteiger partial charge in [0.15, 0.2) is 0 Å². The van der Waals surface area contributed by atoms with E-state index in [9.17, 15) is 9.59 Å². The highest BCUT2D eigenvalue weighted by atomic mass is 16.6. The van der Waals surface area contributed by atoms with Gasteiger partial charge in [0.25, 0.3) is 0 Å². The Morgan fingerprint density at radius 3 is 0.655 bits per heavy atom. The zero-order valence-corrected chi connectivity index (χ0v) is 35.8. The number of rotatable bonds is 48. The van der Waals surface area contributed by atoms with Gasteiger partial charge in [0.05, 0.1) is 92.5 Å². The molecule has 328 valence electrons. The minimum Gasteiger partial charge on any atom is -0.463 e. The Morgan fingerprint density at radius 1 is 0.255 bits per heavy atom. The van der Waals surface area contributed by atoms with Gasteiger partial charge >= 0.3 is 11.9 Å². The molecule has 11 heteroatoms. The molecule has 0 aliphatic rings. The second kappa shape index (κ2) is 48.8. The third-order valence-corrected chi connectivity index (χ3v) is 9.18. The second-order valence-corrected chi connectivity index (χ2v) is 14.3. The van der Waals surface area contributed by atoms with Crippen molar-refractivity contribution in [3.05, 3.63) is 0 Å². The minimum atomic E-state index is -0.140. The number of carbonyl (C=O) groups is 2. The Bertz CT molecular complexity index is 755. The lowest BCUT2D eigenvalue weighted by Crippen LogP contribution is -2.15. The summed E-state index contributed by atoms with van der Waals surface area (Å²) in [6, 6.07) is 0. The van der Waals surface area contributed by atoms with E-state index >= 15 is 0 Å². The van der Waals surface area contributed by atoms with Crippen molar-refractivity contribution in [1.29, 1.82) is 0 Å². The van der Waals surface area contributed by atoms with Gasteiger partial charge in [-0.15, -0.1) is 0 Å². The molecule has 0 aromatic carbocycles. The Labute approximate surface area is 337 Å². The summed E-state index contributed by atoms with van der Waals surface area (Å²) in [6.07, 6.45) is 29.0. The predicted molar refractivity (Wildman–Crippen MR) is 220 cm³/mol. The van der Waals surface area contributed by atoms with Crippen molar-refractivity contribution in [2.75, 3.05) is 106 Å². The van der Waals surface area contributed by atoms with E-state index in [4.69, 9.17) is 42.6 Å². The van der Waals surface area contributed by atoms with Crippen LogP contribution in [0.3, 0.4) is 0 Å². The molecule has 0 aliphatic heterocycles. The first-order chi connectivity index (χ1) is 27.2. The fourth-order valence-corrected chi connectivity index (χ4v) is 5.86. The van der Waals surface area contributed by atoms with Crippen molar-refractivity contribution in [2.24, 2.45) is 0 Å². The summed E-state index contributed by atoms with van der Waals surface area (Å²) < 4.78 is 48.9. The summed E-state index contributed by atoms with van der Waals surface area (Å²) in [5, 5.41) is 0. The number of hydrogen-bond donors (Lipinski definition) is 0. The van der Waals surface area contributed by atoms with E-state index in [-0.39, 0.29) is 25.2 Å². The van der Waals surface area contributed by atoms with Crippen molar-refractivity contribution in [2.45, 2.75) is 168 Å². The molecule has 0 bridgehead atoms. The largest absolute Gasteiger partial charge is 0.463 e. The van der Waals surface area contributed by atoms with Crippen molar-refractivity contribution >= 4 is 11.9 Å². The monoisotopic (exact) mass is 791 g/mol. The first-order valence-electron chi connectivity index (χ1n) is 22.6. The van der Waals surface area contributed by atoms with Gasteiger partial charge in [-0.1, -0.05) is 142 Å². The summed E-state index contributed by atoms with van der Waals surface area (Å²) >= 11 is 0. The first-order valence-corrected chi connectivity index (χ1v) is 22.6. The molecule has 0 radical (unpaired) electrons. The second-order valence-electron chi connectivity index (χ2n) is 14.3. The Kier molecular flexibility index (Phi) is 47.6. The molecule has 11 nitrogen and oxygen atoms in total. The molecule has 0 aromatic rings. The summed E-state index contributed by atoms with van der Waals surface area (Å²) in [4.78, 5) is 23.6. The molecule has 0 heterocycles. The lowest BCUT2D eigenvalue weighted by molar-refractivity contribution is -0.146. The van der Waals surface area contributed by atoms with E-state index in [0.717, 1.165) is 25.7 Å². The van der Waals surface area contributed by atoms with Gasteiger partial charge in [0, 0.05) is 12.8 Å². The van der Waals surface area contributed by atoms with Crippen LogP contribution >= 0.6 is 0 Å². The molecule has 55 heavy (non-hydrogen) atoms. The quantitative estimate of drug-likeness (QED) is 0.0433. The Hall–Kier alpha value is -1.34. The van der Waals surface area contributed by atoms with Gasteiger partial charge in [0.2, 0.25) is 0 Å². The van der Waals surface area contributed by atoms with Gasteiger partial charge in [-0.2, -0.15) is 0 Å². The maximum Gasteiger partial charge on any atom is 0.305 e. The van der Waals surface area contributed by atoms with Crippen LogP contribution in [0.15, 0.2) is 0 Å². The fourth-order valence-electron chi connectivity index (χ4n) is 5.86. The lowest BCUT2D eigenvalue weighted by atomic mass is 10.0. The third-order valence-electron chi connectivity index (χ3n) is 9.18. The average molecular weight is 791 g/mol. The van der Waals surface area contributed by atoms with Crippen LogP contribution in [-0.4, -0.2) is 118 Å². The summed E-state index contributed by atoms with van der Waals surface area (Å²) in [6.45, 7) is 11.6. The lowest BCUT2D eigenvalue weighted by Gasteiger charge is -2.09. The van der Waals surface area contributed by atoms with Crippen molar-refractivity contribution in [3.8, 4) is 0 Å². The number of hydrogen-bond acceptors (Lipinski definition) is 11. The molecular weight excluding hydrogens is 704 g/mol. The van der Waals surface area contributed by atoms with Crippen LogP contribution in [0.4, 0.5) is 0 Å². The van der Waals surface area contributed by atoms with Crippen LogP contribution in [0.1, 0.15) is 168 Å². The summed E-state index contributed by atoms with van der Waals surface area (Å²) in [7, 11) is 0. The molecule has 0 rings (SSSR count). The summed E-state index contributed by atoms with van der Waals surface area (Å²) in [5.74, 6) is -0.271. The molecule has 0 saturated heterocycles. The zero-order chi connectivity index (χ0) is 39.8. The highest BCUT2D eigenvalue weighted by Crippen LogP contribution is 2.14. The van der Waals surface area contributed by atoms with Crippen LogP contribution in [0, 0.1) is 0 Å². The van der Waals surface area contributed by atoms with Crippen LogP contribution in [0.25, 0.3) is 0 Å². The van der Waals surface area contributed by atoms with Crippen LogP contribution < -0.4 is 0 Å².